The van der Waals surface area contributed by atoms with Crippen LogP contribution < -0.4 is 30.9 Å². The molecule has 0 spiro atoms. The molecule has 5 fully saturated rings. The predicted molar refractivity (Wildman–Crippen MR) is 255 cm³/mol. The molecule has 8 heterocycles. The van der Waals surface area contributed by atoms with Crippen LogP contribution in [0.5, 0.6) is 11.8 Å². The second kappa shape index (κ2) is 17.9. The van der Waals surface area contributed by atoms with Crippen LogP contribution in [0.3, 0.4) is 0 Å². The maximum absolute atomic E-state index is 17.2. The van der Waals surface area contributed by atoms with Crippen LogP contribution in [0.2, 0.25) is 0 Å². The Kier molecular flexibility index (Phi) is 11.5. The zero-order valence-corrected chi connectivity index (χ0v) is 38.4. The summed E-state index contributed by atoms with van der Waals surface area (Å²) in [5, 5.41) is 23.4. The lowest BCUT2D eigenvalue weighted by Crippen LogP contribution is -2.54. The van der Waals surface area contributed by atoms with E-state index < -0.39 is 52.9 Å². The number of phenolic OH excluding ortho intramolecular Hbond substituents is 1. The van der Waals surface area contributed by atoms with Crippen LogP contribution in [-0.2, 0) is 14.3 Å². The molecular formula is C51H48F2N10O8. The second-order valence-corrected chi connectivity index (χ2v) is 19.1. The lowest BCUT2D eigenvalue weighted by molar-refractivity contribution is -0.136. The zero-order valence-electron chi connectivity index (χ0n) is 38.4. The number of nitrogens with zero attached hydrogens (tertiary/aromatic N) is 6. The van der Waals surface area contributed by atoms with Gasteiger partial charge in [0.15, 0.2) is 5.82 Å². The number of aromatic hydroxyl groups is 1. The van der Waals surface area contributed by atoms with E-state index in [0.29, 0.717) is 61.2 Å². The molecule has 5 atom stereocenters. The smallest absolute Gasteiger partial charge is 0.407 e. The molecule has 3 aromatic carbocycles. The molecule has 20 heteroatoms. The summed E-state index contributed by atoms with van der Waals surface area (Å²) in [6.07, 6.45) is 10.7. The number of aromatic nitrogens is 3. The first-order valence-corrected chi connectivity index (χ1v) is 23.6. The van der Waals surface area contributed by atoms with E-state index in [4.69, 9.17) is 20.9 Å². The number of imide groups is 2. The van der Waals surface area contributed by atoms with E-state index in [2.05, 4.69) is 53.5 Å². The van der Waals surface area contributed by atoms with Crippen molar-refractivity contribution in [1.29, 1.82) is 0 Å². The van der Waals surface area contributed by atoms with Crippen LogP contribution >= 0.6 is 0 Å². The van der Waals surface area contributed by atoms with Gasteiger partial charge in [0.25, 0.3) is 11.8 Å². The molecule has 71 heavy (non-hydrogen) atoms. The van der Waals surface area contributed by atoms with Crippen molar-refractivity contribution in [3.63, 3.8) is 0 Å². The van der Waals surface area contributed by atoms with Crippen molar-refractivity contribution < 1.29 is 47.3 Å². The van der Waals surface area contributed by atoms with Crippen molar-refractivity contribution in [3.05, 3.63) is 89.1 Å². The fourth-order valence-corrected chi connectivity index (χ4v) is 11.4. The van der Waals surface area contributed by atoms with E-state index in [1.165, 1.54) is 42.6 Å². The molecule has 364 valence electrons. The topological polar surface area (TPSA) is 221 Å². The molecule has 5 N–H and O–H groups in total. The molecular weight excluding hydrogens is 919 g/mol. The van der Waals surface area contributed by atoms with E-state index in [1.54, 1.807) is 6.07 Å². The van der Waals surface area contributed by atoms with Crippen molar-refractivity contribution in [2.45, 2.75) is 74.7 Å². The highest BCUT2D eigenvalue weighted by molar-refractivity contribution is 6.23. The molecule has 6 aliphatic rings. The summed E-state index contributed by atoms with van der Waals surface area (Å²) in [5.41, 5.74) is 1.05. The van der Waals surface area contributed by atoms with Crippen molar-refractivity contribution in [2.75, 3.05) is 56.2 Å². The number of carbonyl (C=O) groups is 5. The number of piperidine rings is 1. The summed E-state index contributed by atoms with van der Waals surface area (Å²) < 4.78 is 44.5. The number of pyridine rings is 1. The van der Waals surface area contributed by atoms with Crippen molar-refractivity contribution in [1.82, 2.24) is 40.7 Å². The summed E-state index contributed by atoms with van der Waals surface area (Å²) in [7, 11) is 0. The number of alkyl carbamates (subject to hydrolysis) is 1. The quantitative estimate of drug-likeness (QED) is 0.0502. The van der Waals surface area contributed by atoms with Crippen LogP contribution in [0, 0.1) is 24.0 Å². The first kappa shape index (κ1) is 45.7. The van der Waals surface area contributed by atoms with Gasteiger partial charge in [0.2, 0.25) is 11.8 Å². The lowest BCUT2D eigenvalue weighted by Gasteiger charge is -2.35. The highest BCUT2D eigenvalue weighted by atomic mass is 19.1. The molecule has 2 aromatic heterocycles. The Balaban J connectivity index is 0.760. The van der Waals surface area contributed by atoms with E-state index in [0.717, 1.165) is 23.3 Å². The summed E-state index contributed by atoms with van der Waals surface area (Å²) in [6.45, 7) is 6.77. The Morgan fingerprint density at radius 2 is 1.79 bits per heavy atom. The van der Waals surface area contributed by atoms with Gasteiger partial charge < -0.3 is 35.4 Å². The average molecular weight is 967 g/mol. The van der Waals surface area contributed by atoms with Gasteiger partial charge in [-0.25, -0.2) is 13.6 Å². The number of hydrogen-bond acceptors (Lipinski definition) is 15. The molecule has 0 radical (unpaired) electrons. The van der Waals surface area contributed by atoms with Gasteiger partial charge in [0, 0.05) is 80.1 Å². The number of rotatable bonds is 12. The largest absolute Gasteiger partial charge is 0.508 e. The highest BCUT2D eigenvalue weighted by Crippen LogP contribution is 2.45. The number of terminal acetylenes is 1. The number of ether oxygens (including phenoxy) is 2. The molecule has 5 amide bonds. The molecule has 0 saturated carbocycles. The number of nitrogens with one attached hydrogen (secondary N) is 4. The van der Waals surface area contributed by atoms with Crippen LogP contribution in [0.15, 0.2) is 60.8 Å². The van der Waals surface area contributed by atoms with Crippen LogP contribution in [0.4, 0.5) is 25.1 Å². The molecule has 5 aromatic rings. The van der Waals surface area contributed by atoms with Crippen molar-refractivity contribution in [3.8, 4) is 35.4 Å². The van der Waals surface area contributed by atoms with E-state index in [9.17, 15) is 29.1 Å². The normalized spacial score (nSPS) is 23.8. The molecule has 0 aliphatic carbocycles. The predicted octanol–water partition coefficient (Wildman–Crippen LogP) is 4.53. The molecule has 3 unspecified atom stereocenters. The Bertz CT molecular complexity index is 3170. The molecule has 2 bridgehead atoms. The summed E-state index contributed by atoms with van der Waals surface area (Å²) in [4.78, 5) is 82.6. The number of halogens is 2. The van der Waals surface area contributed by atoms with Crippen LogP contribution in [0.25, 0.3) is 32.9 Å². The Morgan fingerprint density at radius 1 is 0.986 bits per heavy atom. The molecule has 5 saturated heterocycles. The van der Waals surface area contributed by atoms with Gasteiger partial charge >= 0.3 is 12.1 Å². The van der Waals surface area contributed by atoms with Crippen molar-refractivity contribution in [2.24, 2.45) is 0 Å². The zero-order chi connectivity index (χ0) is 49.3. The Hall–Kier alpha value is -7.76. The summed E-state index contributed by atoms with van der Waals surface area (Å²) in [5.74, 6) is -1.17. The van der Waals surface area contributed by atoms with Gasteiger partial charge in [-0.3, -0.25) is 39.3 Å². The highest BCUT2D eigenvalue weighted by Gasteiger charge is 2.52. The van der Waals surface area contributed by atoms with E-state index in [1.807, 2.05) is 0 Å². The third kappa shape index (κ3) is 8.17. The number of benzene rings is 3. The molecule has 6 aliphatic heterocycles. The number of carbonyl (C=O) groups excluding carboxylic acids is 5. The Labute approximate surface area is 405 Å². The maximum atomic E-state index is 17.2. The SMILES string of the molecule is C#Cc1c(F)ccc2cc(O)cc(-c3ncc4c(N5CC6CCC(C5)N6)nc(OC[C@@]56CC[C@@H](COC(=O)NCCNc7ccc8c(c7)C(=O)N(C7CCC(=O)NC7=O)C8=O)N5CC(=C)C6)nc4c3F)c12. The number of fused-ring (bicyclic) bond motifs is 6. The van der Waals surface area contributed by atoms with Gasteiger partial charge in [-0.05, 0) is 80.3 Å². The number of amides is 5. The van der Waals surface area contributed by atoms with Gasteiger partial charge in [0.05, 0.1) is 27.6 Å². The molecule has 11 rings (SSSR count). The standard InChI is InChI=1S/C51H48F2N10O8/c1-3-33-38(52)9-4-27-16-32(64)18-36(41(27)33)43-42(53)44-37(20-56-43)45(61-22-29-5-6-30(23-61)57-29)60-49(59-44)71-25-51-13-12-31(62(51)21-26(2)19-51)24-70-50(69)55-15-14-54-28-7-8-34-35(17-28)48(68)63(47(34)67)39-10-11-40(65)58-46(39)66/h1,4,7-9,16-18,20,29-31,39,54,57,64H,2,5-6,10-15,19,21-25H2,(H,55,69)(H,58,65,66)/t29?,30?,31-,39?,51-/m0/s1. The number of anilines is 2. The number of phenols is 1. The van der Waals surface area contributed by atoms with Gasteiger partial charge in [-0.1, -0.05) is 24.1 Å². The maximum Gasteiger partial charge on any atom is 0.407 e. The number of hydrogen-bond donors (Lipinski definition) is 5. The minimum Gasteiger partial charge on any atom is -0.508 e. The average Bonchev–Trinajstić information content (AvgIpc) is 4.05. The van der Waals surface area contributed by atoms with Crippen molar-refractivity contribution >= 4 is 62.9 Å². The first-order valence-electron chi connectivity index (χ1n) is 23.6. The fraction of sp³-hybridized carbons (Fsp3) is 0.373. The minimum atomic E-state index is -1.07. The minimum absolute atomic E-state index is 0.0224. The van der Waals surface area contributed by atoms with Crippen LogP contribution in [0.1, 0.15) is 71.2 Å². The fourth-order valence-electron chi connectivity index (χ4n) is 11.4. The second-order valence-electron chi connectivity index (χ2n) is 19.1. The van der Waals surface area contributed by atoms with E-state index in [-0.39, 0.29) is 108 Å². The molecule has 18 nitrogen and oxygen atoms in total. The lowest BCUT2D eigenvalue weighted by atomic mass is 9.94. The third-order valence-corrected chi connectivity index (χ3v) is 14.6. The summed E-state index contributed by atoms with van der Waals surface area (Å²) >= 11 is 0. The first-order chi connectivity index (χ1) is 34.3. The Morgan fingerprint density at radius 3 is 2.58 bits per heavy atom. The van der Waals surface area contributed by atoms with Gasteiger partial charge in [-0.15, -0.1) is 6.42 Å². The van der Waals surface area contributed by atoms with E-state index >= 15 is 8.78 Å². The van der Waals surface area contributed by atoms with Crippen LogP contribution in [-0.4, -0.2) is 135 Å². The third-order valence-electron chi connectivity index (χ3n) is 14.6. The monoisotopic (exact) mass is 966 g/mol. The summed E-state index contributed by atoms with van der Waals surface area (Å²) in [6, 6.07) is 9.25. The number of piperazine rings is 1. The van der Waals surface area contributed by atoms with Gasteiger partial charge in [0.1, 0.15) is 47.9 Å². The van der Waals surface area contributed by atoms with Gasteiger partial charge in [-0.2, -0.15) is 9.97 Å².